The van der Waals surface area contributed by atoms with E-state index in [1.807, 2.05) is 36.6 Å². The number of aromatic nitrogens is 1. The third kappa shape index (κ3) is 3.68. The number of hydrogen-bond acceptors (Lipinski definition) is 4. The van der Waals surface area contributed by atoms with E-state index in [9.17, 15) is 4.79 Å². The number of allylic oxidation sites excluding steroid dienone is 1. The second kappa shape index (κ2) is 7.06. The topological polar surface area (TPSA) is 54.0 Å². The molecule has 4 nitrogen and oxygen atoms in total. The van der Waals surface area contributed by atoms with Crippen LogP contribution < -0.4 is 10.6 Å². The van der Waals surface area contributed by atoms with Gasteiger partial charge in [-0.15, -0.1) is 11.3 Å². The van der Waals surface area contributed by atoms with Crippen LogP contribution in [0.2, 0.25) is 0 Å². The fraction of sp³-hybridized carbons (Fsp3) is 0.333. The van der Waals surface area contributed by atoms with Crippen LogP contribution in [0.3, 0.4) is 0 Å². The Bertz CT molecular complexity index is 717. The fourth-order valence-corrected chi connectivity index (χ4v) is 3.77. The Morgan fingerprint density at radius 1 is 1.35 bits per heavy atom. The average molecular weight is 327 g/mol. The zero-order chi connectivity index (χ0) is 16.2. The number of carbonyl (C=O) groups excluding carboxylic acids is 1. The molecule has 5 heteroatoms. The van der Waals surface area contributed by atoms with Crippen LogP contribution in [-0.2, 0) is 0 Å². The average Bonchev–Trinajstić information content (AvgIpc) is 3.06. The summed E-state index contributed by atoms with van der Waals surface area (Å²) in [6.07, 6.45) is 2.18. The number of para-hydroxylation sites is 1. The minimum Gasteiger partial charge on any atom is -0.320 e. The monoisotopic (exact) mass is 327 g/mol. The molecule has 1 fully saturated rings. The third-order valence-electron chi connectivity index (χ3n) is 4.08. The molecule has 2 aromatic rings. The fourth-order valence-electron chi connectivity index (χ4n) is 2.80. The van der Waals surface area contributed by atoms with Crippen molar-refractivity contribution in [3.8, 4) is 0 Å². The van der Waals surface area contributed by atoms with Gasteiger partial charge in [0.2, 0.25) is 0 Å². The van der Waals surface area contributed by atoms with Gasteiger partial charge in [-0.2, -0.15) is 0 Å². The van der Waals surface area contributed by atoms with Gasteiger partial charge in [0, 0.05) is 22.5 Å². The Morgan fingerprint density at radius 3 is 2.83 bits per heavy atom. The van der Waals surface area contributed by atoms with Crippen LogP contribution in [-0.4, -0.2) is 24.0 Å². The summed E-state index contributed by atoms with van der Waals surface area (Å²) in [7, 11) is 0. The smallest absolute Gasteiger partial charge is 0.275 e. The summed E-state index contributed by atoms with van der Waals surface area (Å²) in [6.45, 7) is 7.95. The number of anilines is 1. The molecule has 0 radical (unpaired) electrons. The largest absolute Gasteiger partial charge is 0.320 e. The van der Waals surface area contributed by atoms with Gasteiger partial charge in [0.1, 0.15) is 5.69 Å². The maximum absolute atomic E-state index is 12.5. The van der Waals surface area contributed by atoms with Crippen molar-refractivity contribution in [3.63, 3.8) is 0 Å². The van der Waals surface area contributed by atoms with Crippen molar-refractivity contribution in [1.82, 2.24) is 10.3 Å². The first-order chi connectivity index (χ1) is 11.1. The Labute approximate surface area is 140 Å². The lowest BCUT2D eigenvalue weighted by Gasteiger charge is -2.20. The van der Waals surface area contributed by atoms with Gasteiger partial charge < -0.3 is 10.6 Å². The molecule has 1 aliphatic heterocycles. The molecule has 2 heterocycles. The first kappa shape index (κ1) is 15.9. The molecule has 1 aromatic carbocycles. The maximum Gasteiger partial charge on any atom is 0.275 e. The lowest BCUT2D eigenvalue weighted by Crippen LogP contribution is -2.26. The highest BCUT2D eigenvalue weighted by Crippen LogP contribution is 2.28. The van der Waals surface area contributed by atoms with Crippen LogP contribution in [0.4, 0.5) is 5.69 Å². The first-order valence-electron chi connectivity index (χ1n) is 7.87. The van der Waals surface area contributed by atoms with Crippen molar-refractivity contribution in [2.24, 2.45) is 0 Å². The highest BCUT2D eigenvalue weighted by atomic mass is 32.1. The van der Waals surface area contributed by atoms with Gasteiger partial charge in [-0.3, -0.25) is 4.79 Å². The van der Waals surface area contributed by atoms with Gasteiger partial charge in [-0.1, -0.05) is 24.8 Å². The van der Waals surface area contributed by atoms with Gasteiger partial charge in [-0.05, 0) is 44.5 Å². The molecule has 1 aliphatic rings. The van der Waals surface area contributed by atoms with Gasteiger partial charge in [0.05, 0.1) is 5.01 Å². The number of rotatable bonds is 4. The van der Waals surface area contributed by atoms with Gasteiger partial charge in [-0.25, -0.2) is 4.98 Å². The van der Waals surface area contributed by atoms with E-state index in [0.717, 1.165) is 47.8 Å². The lowest BCUT2D eigenvalue weighted by molar-refractivity contribution is 0.102. The number of hydrogen-bond donors (Lipinski definition) is 2. The number of nitrogens with zero attached hydrogens (tertiary/aromatic N) is 1. The van der Waals surface area contributed by atoms with Crippen LogP contribution in [0.25, 0.3) is 5.57 Å². The Morgan fingerprint density at radius 2 is 2.09 bits per heavy atom. The molecule has 0 spiro atoms. The highest BCUT2D eigenvalue weighted by Gasteiger charge is 2.20. The molecule has 1 saturated heterocycles. The molecular weight excluding hydrogens is 306 g/mol. The van der Waals surface area contributed by atoms with E-state index in [1.165, 1.54) is 0 Å². The number of benzene rings is 1. The Hall–Kier alpha value is -1.98. The molecule has 120 valence electrons. The van der Waals surface area contributed by atoms with E-state index >= 15 is 0 Å². The molecule has 1 aromatic heterocycles. The van der Waals surface area contributed by atoms with Crippen LogP contribution in [0.1, 0.15) is 46.7 Å². The summed E-state index contributed by atoms with van der Waals surface area (Å²) < 4.78 is 0. The molecule has 0 unspecified atom stereocenters. The second-order valence-electron chi connectivity index (χ2n) is 5.88. The molecular formula is C18H21N3OS. The minimum absolute atomic E-state index is 0.157. The summed E-state index contributed by atoms with van der Waals surface area (Å²) in [5.74, 6) is 0.320. The van der Waals surface area contributed by atoms with Crippen LogP contribution in [0, 0.1) is 0 Å². The third-order valence-corrected chi connectivity index (χ3v) is 5.09. The van der Waals surface area contributed by atoms with E-state index in [0.29, 0.717) is 11.6 Å². The van der Waals surface area contributed by atoms with Crippen molar-refractivity contribution >= 4 is 28.5 Å². The normalized spacial score (nSPS) is 15.3. The molecule has 0 aliphatic carbocycles. The summed E-state index contributed by atoms with van der Waals surface area (Å²) in [4.78, 5) is 17.0. The molecule has 2 N–H and O–H groups in total. The number of carbonyl (C=O) groups is 1. The molecule has 0 saturated carbocycles. The first-order valence-corrected chi connectivity index (χ1v) is 8.75. The van der Waals surface area contributed by atoms with E-state index in [4.69, 9.17) is 0 Å². The Balaban J connectivity index is 1.74. The van der Waals surface area contributed by atoms with Crippen LogP contribution >= 0.6 is 11.3 Å². The van der Waals surface area contributed by atoms with Crippen LogP contribution in [0.5, 0.6) is 0 Å². The Kier molecular flexibility index (Phi) is 4.88. The number of thiazole rings is 1. The molecule has 1 amide bonds. The molecule has 3 rings (SSSR count). The molecule has 0 bridgehead atoms. The highest BCUT2D eigenvalue weighted by molar-refractivity contribution is 7.09. The van der Waals surface area contributed by atoms with E-state index in [-0.39, 0.29) is 5.91 Å². The summed E-state index contributed by atoms with van der Waals surface area (Å²) >= 11 is 1.59. The summed E-state index contributed by atoms with van der Waals surface area (Å²) in [5, 5.41) is 9.24. The van der Waals surface area contributed by atoms with Gasteiger partial charge >= 0.3 is 0 Å². The van der Waals surface area contributed by atoms with E-state index in [1.54, 1.807) is 11.3 Å². The van der Waals surface area contributed by atoms with Crippen molar-refractivity contribution in [3.05, 3.63) is 52.5 Å². The van der Waals surface area contributed by atoms with Crippen LogP contribution in [0.15, 0.2) is 36.2 Å². The van der Waals surface area contributed by atoms with E-state index < -0.39 is 0 Å². The predicted molar refractivity (Wildman–Crippen MR) is 96.1 cm³/mol. The molecule has 0 atom stereocenters. The lowest BCUT2D eigenvalue weighted by atomic mass is 9.99. The summed E-state index contributed by atoms with van der Waals surface area (Å²) in [6, 6.07) is 7.70. The van der Waals surface area contributed by atoms with Crippen molar-refractivity contribution in [1.29, 1.82) is 0 Å². The van der Waals surface area contributed by atoms with Gasteiger partial charge in [0.25, 0.3) is 5.91 Å². The summed E-state index contributed by atoms with van der Waals surface area (Å²) in [5.41, 5.74) is 3.16. The predicted octanol–water partition coefficient (Wildman–Crippen LogP) is 3.90. The van der Waals surface area contributed by atoms with Crippen molar-refractivity contribution < 1.29 is 4.79 Å². The zero-order valence-corrected chi connectivity index (χ0v) is 14.1. The number of amides is 1. The molecule has 23 heavy (non-hydrogen) atoms. The standard InChI is InChI=1S/C18H21N3OS/c1-12(2)14-5-3-4-6-15(14)20-17(22)16-11-23-18(21-16)13-7-9-19-10-8-13/h3-6,11,13,19H,1,7-10H2,2H3,(H,20,22). The number of piperidine rings is 1. The van der Waals surface area contributed by atoms with E-state index in [2.05, 4.69) is 22.2 Å². The zero-order valence-electron chi connectivity index (χ0n) is 13.3. The minimum atomic E-state index is -0.157. The SMILES string of the molecule is C=C(C)c1ccccc1NC(=O)c1csc(C2CCNCC2)n1. The number of nitrogens with one attached hydrogen (secondary N) is 2. The second-order valence-corrected chi connectivity index (χ2v) is 6.76. The van der Waals surface area contributed by atoms with Gasteiger partial charge in [0.15, 0.2) is 0 Å². The maximum atomic E-state index is 12.5. The quantitative estimate of drug-likeness (QED) is 0.895. The van der Waals surface area contributed by atoms with Crippen molar-refractivity contribution in [2.45, 2.75) is 25.7 Å². The van der Waals surface area contributed by atoms with Crippen molar-refractivity contribution in [2.75, 3.05) is 18.4 Å².